The summed E-state index contributed by atoms with van der Waals surface area (Å²) in [6, 6.07) is 15.1. The van der Waals surface area contributed by atoms with Crippen molar-refractivity contribution in [3.05, 3.63) is 71.8 Å². The number of piperidine rings is 1. The van der Waals surface area contributed by atoms with E-state index in [2.05, 4.69) is 10.1 Å². The lowest BCUT2D eigenvalue weighted by molar-refractivity contribution is -0.0496. The molecule has 0 atom stereocenters. The summed E-state index contributed by atoms with van der Waals surface area (Å²) in [5.41, 5.74) is 1.42. The second kappa shape index (κ2) is 8.40. The number of rotatable bonds is 5. The van der Waals surface area contributed by atoms with Crippen LogP contribution < -0.4 is 5.14 Å². The number of benzene rings is 2. The summed E-state index contributed by atoms with van der Waals surface area (Å²) in [6.07, 6.45) is -0.438. The number of hydrogen-bond acceptors (Lipinski definition) is 5. The van der Waals surface area contributed by atoms with Gasteiger partial charge in [-0.3, -0.25) is 4.79 Å². The molecule has 2 N–H and O–H groups in total. The Kier molecular flexibility index (Phi) is 5.78. The highest BCUT2D eigenvalue weighted by molar-refractivity contribution is 7.89. The van der Waals surface area contributed by atoms with Crippen LogP contribution in [0.3, 0.4) is 0 Å². The van der Waals surface area contributed by atoms with Crippen LogP contribution in [0.1, 0.15) is 34.8 Å². The van der Waals surface area contributed by atoms with E-state index in [0.717, 1.165) is 5.56 Å². The van der Waals surface area contributed by atoms with Gasteiger partial charge < -0.3 is 4.90 Å². The molecule has 0 radical (unpaired) electrons. The van der Waals surface area contributed by atoms with Gasteiger partial charge in [-0.1, -0.05) is 30.3 Å². The van der Waals surface area contributed by atoms with Crippen molar-refractivity contribution in [2.24, 2.45) is 5.14 Å². The van der Waals surface area contributed by atoms with Crippen molar-refractivity contribution >= 4 is 15.9 Å². The number of carbonyl (C=O) groups excluding carboxylic acids is 1. The highest BCUT2D eigenvalue weighted by atomic mass is 32.2. The minimum Gasteiger partial charge on any atom is -0.335 e. The Balaban J connectivity index is 1.68. The average Bonchev–Trinajstić information content (AvgIpc) is 3.17. The molecule has 1 aliphatic heterocycles. The smallest absolute Gasteiger partial charge is 0.293 e. The molecule has 0 unspecified atom stereocenters. The fourth-order valence-electron chi connectivity index (χ4n) is 3.49. The van der Waals surface area contributed by atoms with Gasteiger partial charge >= 0.3 is 0 Å². The molecule has 168 valence electrons. The first-order valence-electron chi connectivity index (χ1n) is 9.93. The molecule has 0 spiro atoms. The molecule has 1 aliphatic rings. The first-order chi connectivity index (χ1) is 15.1. The summed E-state index contributed by atoms with van der Waals surface area (Å²) < 4.78 is 51.5. The van der Waals surface area contributed by atoms with E-state index in [-0.39, 0.29) is 23.8 Å². The summed E-state index contributed by atoms with van der Waals surface area (Å²) in [5.74, 6) is -2.94. The van der Waals surface area contributed by atoms with Gasteiger partial charge in [0, 0.05) is 32.4 Å². The van der Waals surface area contributed by atoms with Gasteiger partial charge in [-0.15, -0.1) is 5.10 Å². The summed E-state index contributed by atoms with van der Waals surface area (Å²) in [6.45, 7) is -0.144. The SMILES string of the molecule is NS(=O)(=O)c1ccc(-n2nc(C(=O)N3CCC(F)(F)CC3)nc2Cc2ccccc2)cc1. The van der Waals surface area contributed by atoms with Crippen molar-refractivity contribution in [1.82, 2.24) is 19.7 Å². The van der Waals surface area contributed by atoms with Crippen molar-refractivity contribution in [1.29, 1.82) is 0 Å². The predicted molar refractivity (Wildman–Crippen MR) is 112 cm³/mol. The van der Waals surface area contributed by atoms with Crippen LogP contribution in [0.5, 0.6) is 0 Å². The summed E-state index contributed by atoms with van der Waals surface area (Å²) in [4.78, 5) is 18.6. The maximum Gasteiger partial charge on any atom is 0.293 e. The van der Waals surface area contributed by atoms with Crippen molar-refractivity contribution in [2.45, 2.75) is 30.1 Å². The Morgan fingerprint density at radius 3 is 2.25 bits per heavy atom. The van der Waals surface area contributed by atoms with Gasteiger partial charge in [-0.25, -0.2) is 32.0 Å². The fraction of sp³-hybridized carbons (Fsp3) is 0.286. The lowest BCUT2D eigenvalue weighted by Crippen LogP contribution is -2.43. The van der Waals surface area contributed by atoms with Crippen LogP contribution in [-0.4, -0.2) is 53.0 Å². The number of carbonyl (C=O) groups is 1. The summed E-state index contributed by atoms with van der Waals surface area (Å²) in [7, 11) is -3.86. The summed E-state index contributed by atoms with van der Waals surface area (Å²) in [5, 5.41) is 9.48. The molecule has 0 aliphatic carbocycles. The van der Waals surface area contributed by atoms with E-state index in [1.165, 1.54) is 33.8 Å². The first kappa shape index (κ1) is 22.0. The average molecular weight is 461 g/mol. The molecule has 2 aromatic carbocycles. The van der Waals surface area contributed by atoms with E-state index >= 15 is 0 Å². The van der Waals surface area contributed by atoms with Crippen molar-refractivity contribution < 1.29 is 22.0 Å². The molecule has 4 rings (SSSR count). The zero-order valence-corrected chi connectivity index (χ0v) is 17.8. The lowest BCUT2D eigenvalue weighted by Gasteiger charge is -2.30. The van der Waals surface area contributed by atoms with Gasteiger partial charge in [-0.05, 0) is 29.8 Å². The number of nitrogens with zero attached hydrogens (tertiary/aromatic N) is 4. The quantitative estimate of drug-likeness (QED) is 0.627. The number of primary sulfonamides is 1. The second-order valence-corrected chi connectivity index (χ2v) is 9.17. The van der Waals surface area contributed by atoms with Crippen LogP contribution in [0.15, 0.2) is 59.5 Å². The van der Waals surface area contributed by atoms with E-state index in [0.29, 0.717) is 17.9 Å². The molecule has 2 heterocycles. The Labute approximate surface area is 183 Å². The summed E-state index contributed by atoms with van der Waals surface area (Å²) >= 11 is 0. The number of nitrogens with two attached hydrogens (primary N) is 1. The minimum absolute atomic E-state index is 0.0588. The van der Waals surface area contributed by atoms with E-state index in [4.69, 9.17) is 5.14 Å². The topological polar surface area (TPSA) is 111 Å². The molecule has 1 saturated heterocycles. The Morgan fingerprint density at radius 2 is 1.66 bits per heavy atom. The van der Waals surface area contributed by atoms with E-state index in [1.54, 1.807) is 0 Å². The third-order valence-electron chi connectivity index (χ3n) is 5.26. The Bertz CT molecular complexity index is 1220. The number of amides is 1. The molecule has 0 bridgehead atoms. The van der Waals surface area contributed by atoms with Crippen LogP contribution in [0.2, 0.25) is 0 Å². The molecular weight excluding hydrogens is 440 g/mol. The lowest BCUT2D eigenvalue weighted by atomic mass is 10.1. The van der Waals surface area contributed by atoms with Gasteiger partial charge in [0.1, 0.15) is 5.82 Å². The molecule has 11 heteroatoms. The van der Waals surface area contributed by atoms with Crippen LogP contribution in [-0.2, 0) is 16.4 Å². The third kappa shape index (κ3) is 4.83. The number of aromatic nitrogens is 3. The van der Waals surface area contributed by atoms with Crippen LogP contribution >= 0.6 is 0 Å². The van der Waals surface area contributed by atoms with Crippen LogP contribution in [0, 0.1) is 0 Å². The fourth-order valence-corrected chi connectivity index (χ4v) is 4.01. The van der Waals surface area contributed by atoms with Crippen molar-refractivity contribution in [2.75, 3.05) is 13.1 Å². The number of halogens is 2. The third-order valence-corrected chi connectivity index (χ3v) is 6.19. The second-order valence-electron chi connectivity index (χ2n) is 7.61. The number of alkyl halides is 2. The minimum atomic E-state index is -3.86. The van der Waals surface area contributed by atoms with Crippen LogP contribution in [0.4, 0.5) is 8.78 Å². The molecule has 0 saturated carbocycles. The molecule has 1 fully saturated rings. The zero-order chi connectivity index (χ0) is 22.9. The van der Waals surface area contributed by atoms with Gasteiger partial charge in [0.2, 0.25) is 15.8 Å². The predicted octanol–water partition coefficient (Wildman–Crippen LogP) is 2.38. The number of sulfonamides is 1. The van der Waals surface area contributed by atoms with E-state index in [1.807, 2.05) is 30.3 Å². The zero-order valence-electron chi connectivity index (χ0n) is 17.0. The van der Waals surface area contributed by atoms with Gasteiger partial charge in [-0.2, -0.15) is 0 Å². The maximum absolute atomic E-state index is 13.5. The van der Waals surface area contributed by atoms with E-state index in [9.17, 15) is 22.0 Å². The van der Waals surface area contributed by atoms with Gasteiger partial charge in [0.15, 0.2) is 0 Å². The van der Waals surface area contributed by atoms with Crippen LogP contribution in [0.25, 0.3) is 5.69 Å². The molecule has 8 nitrogen and oxygen atoms in total. The molecule has 1 aromatic heterocycles. The largest absolute Gasteiger partial charge is 0.335 e. The highest BCUT2D eigenvalue weighted by Gasteiger charge is 2.36. The molecule has 3 aromatic rings. The molecular formula is C21H21F2N5O3S. The van der Waals surface area contributed by atoms with Crippen molar-refractivity contribution in [3.8, 4) is 5.69 Å². The van der Waals surface area contributed by atoms with Gasteiger partial charge in [0.25, 0.3) is 11.8 Å². The standard InChI is InChI=1S/C21H21F2N5O3S/c22-21(23)10-12-27(13-11-21)20(29)19-25-18(14-15-4-2-1-3-5-15)28(26-19)16-6-8-17(9-7-16)32(24,30)31/h1-9H,10-14H2,(H2,24,30,31). The first-order valence-corrected chi connectivity index (χ1v) is 11.5. The normalized spacial score (nSPS) is 16.2. The number of hydrogen-bond donors (Lipinski definition) is 1. The highest BCUT2D eigenvalue weighted by Crippen LogP contribution is 2.28. The van der Waals surface area contributed by atoms with Crippen molar-refractivity contribution in [3.63, 3.8) is 0 Å². The number of likely N-dealkylation sites (tertiary alicyclic amines) is 1. The molecule has 32 heavy (non-hydrogen) atoms. The Hall–Kier alpha value is -3.18. The van der Waals surface area contributed by atoms with E-state index < -0.39 is 34.7 Å². The Morgan fingerprint density at radius 1 is 1.03 bits per heavy atom. The maximum atomic E-state index is 13.5. The van der Waals surface area contributed by atoms with Gasteiger partial charge in [0.05, 0.1) is 10.6 Å². The molecule has 1 amide bonds. The monoisotopic (exact) mass is 461 g/mol.